The summed E-state index contributed by atoms with van der Waals surface area (Å²) in [5, 5.41) is 3.30. The highest BCUT2D eigenvalue weighted by molar-refractivity contribution is 6.41. The summed E-state index contributed by atoms with van der Waals surface area (Å²) >= 11 is 11.5. The number of hydrogen-bond acceptors (Lipinski definition) is 2. The van der Waals surface area contributed by atoms with E-state index in [1.54, 1.807) is 24.3 Å². The minimum atomic E-state index is -0.309. The number of amides is 1. The fraction of sp³-hybridized carbons (Fsp3) is 0.214. The zero-order valence-corrected chi connectivity index (χ0v) is 12.5. The lowest BCUT2D eigenvalue weighted by molar-refractivity contribution is 0.102. The molecule has 0 radical (unpaired) electrons. The summed E-state index contributed by atoms with van der Waals surface area (Å²) in [5.74, 6) is 0.445. The number of H-pyrrole nitrogens is 1. The Kier molecular flexibility index (Phi) is 4.57. The fourth-order valence-corrected chi connectivity index (χ4v) is 1.93. The molecule has 1 aromatic carbocycles. The van der Waals surface area contributed by atoms with Crippen molar-refractivity contribution < 1.29 is 9.53 Å². The van der Waals surface area contributed by atoms with Gasteiger partial charge in [-0.2, -0.15) is 0 Å². The summed E-state index contributed by atoms with van der Waals surface area (Å²) in [6.07, 6.45) is 0.110. The Hall–Kier alpha value is -1.65. The molecule has 0 spiro atoms. The molecule has 0 saturated heterocycles. The Morgan fingerprint density at radius 3 is 2.40 bits per heavy atom. The van der Waals surface area contributed by atoms with Crippen LogP contribution in [0.2, 0.25) is 10.2 Å². The van der Waals surface area contributed by atoms with Crippen LogP contribution in [-0.4, -0.2) is 17.0 Å². The van der Waals surface area contributed by atoms with Gasteiger partial charge in [-0.3, -0.25) is 4.79 Å². The number of carbonyl (C=O) groups is 1. The number of aromatic amines is 1. The lowest BCUT2D eigenvalue weighted by Gasteiger charge is -2.10. The quantitative estimate of drug-likeness (QED) is 0.881. The third-order valence-corrected chi connectivity index (χ3v) is 3.15. The Morgan fingerprint density at radius 2 is 1.90 bits per heavy atom. The number of nitrogens with one attached hydrogen (secondary N) is 2. The monoisotopic (exact) mass is 312 g/mol. The van der Waals surface area contributed by atoms with Gasteiger partial charge in [0.25, 0.3) is 5.91 Å². The zero-order valence-electron chi connectivity index (χ0n) is 11.0. The molecule has 2 N–H and O–H groups in total. The van der Waals surface area contributed by atoms with Gasteiger partial charge in [-0.25, -0.2) is 0 Å². The van der Waals surface area contributed by atoms with E-state index in [0.29, 0.717) is 16.4 Å². The van der Waals surface area contributed by atoms with Crippen LogP contribution in [0.3, 0.4) is 0 Å². The largest absolute Gasteiger partial charge is 0.491 e. The van der Waals surface area contributed by atoms with Gasteiger partial charge in [0.2, 0.25) is 0 Å². The van der Waals surface area contributed by atoms with Gasteiger partial charge in [0.05, 0.1) is 11.1 Å². The molecule has 0 aliphatic carbocycles. The SMILES string of the molecule is CC(C)Oc1ccc(NC(=O)c2cc(Cl)c(Cl)[nH]2)cc1. The number of halogens is 2. The summed E-state index contributed by atoms with van der Waals surface area (Å²) in [4.78, 5) is 14.7. The lowest BCUT2D eigenvalue weighted by Crippen LogP contribution is -2.12. The molecule has 1 amide bonds. The molecule has 4 nitrogen and oxygen atoms in total. The topological polar surface area (TPSA) is 54.1 Å². The van der Waals surface area contributed by atoms with Crippen LogP contribution in [0.5, 0.6) is 5.75 Å². The maximum atomic E-state index is 12.0. The molecule has 2 rings (SSSR count). The first-order valence-corrected chi connectivity index (χ1v) is 6.83. The summed E-state index contributed by atoms with van der Waals surface area (Å²) < 4.78 is 5.52. The number of aromatic nitrogens is 1. The van der Waals surface area contributed by atoms with Crippen LogP contribution in [-0.2, 0) is 0 Å². The van der Waals surface area contributed by atoms with E-state index in [1.165, 1.54) is 6.07 Å². The molecule has 0 aliphatic heterocycles. The van der Waals surface area contributed by atoms with Gasteiger partial charge in [0.1, 0.15) is 16.6 Å². The van der Waals surface area contributed by atoms with Crippen LogP contribution in [0.1, 0.15) is 24.3 Å². The van der Waals surface area contributed by atoms with Crippen molar-refractivity contribution in [2.45, 2.75) is 20.0 Å². The molecular weight excluding hydrogens is 299 g/mol. The summed E-state index contributed by atoms with van der Waals surface area (Å²) in [6.45, 7) is 3.91. The molecule has 0 bridgehead atoms. The van der Waals surface area contributed by atoms with E-state index in [9.17, 15) is 4.79 Å². The zero-order chi connectivity index (χ0) is 14.7. The Morgan fingerprint density at radius 1 is 1.25 bits per heavy atom. The predicted molar refractivity (Wildman–Crippen MR) is 81.0 cm³/mol. The van der Waals surface area contributed by atoms with E-state index in [1.807, 2.05) is 13.8 Å². The predicted octanol–water partition coefficient (Wildman–Crippen LogP) is 4.36. The van der Waals surface area contributed by atoms with Crippen LogP contribution in [0, 0.1) is 0 Å². The van der Waals surface area contributed by atoms with Crippen LogP contribution in [0.15, 0.2) is 30.3 Å². The smallest absolute Gasteiger partial charge is 0.272 e. The van der Waals surface area contributed by atoms with Gasteiger partial charge in [0.15, 0.2) is 0 Å². The van der Waals surface area contributed by atoms with Crippen LogP contribution in [0.25, 0.3) is 0 Å². The highest BCUT2D eigenvalue weighted by Gasteiger charge is 2.11. The standard InChI is InChI=1S/C14H14Cl2N2O2/c1-8(2)20-10-5-3-9(4-6-10)17-14(19)12-7-11(15)13(16)18-12/h3-8,18H,1-2H3,(H,17,19). The van der Waals surface area contributed by atoms with Crippen molar-refractivity contribution in [2.24, 2.45) is 0 Å². The van der Waals surface area contributed by atoms with E-state index in [4.69, 9.17) is 27.9 Å². The average Bonchev–Trinajstić information content (AvgIpc) is 2.71. The van der Waals surface area contributed by atoms with E-state index in [-0.39, 0.29) is 17.2 Å². The molecule has 6 heteroatoms. The number of benzene rings is 1. The van der Waals surface area contributed by atoms with Crippen molar-refractivity contribution in [3.63, 3.8) is 0 Å². The molecule has 20 heavy (non-hydrogen) atoms. The van der Waals surface area contributed by atoms with Gasteiger partial charge < -0.3 is 15.0 Å². The molecule has 0 aliphatic rings. The molecular formula is C14H14Cl2N2O2. The molecule has 0 saturated carbocycles. The maximum absolute atomic E-state index is 12.0. The third kappa shape index (κ3) is 3.68. The van der Waals surface area contributed by atoms with Crippen LogP contribution in [0.4, 0.5) is 5.69 Å². The first kappa shape index (κ1) is 14.8. The Balaban J connectivity index is 2.04. The summed E-state index contributed by atoms with van der Waals surface area (Å²) in [6, 6.07) is 8.60. The average molecular weight is 313 g/mol. The van der Waals surface area contributed by atoms with Crippen molar-refractivity contribution >= 4 is 34.8 Å². The molecule has 0 fully saturated rings. The second kappa shape index (κ2) is 6.20. The van der Waals surface area contributed by atoms with Crippen molar-refractivity contribution in [1.82, 2.24) is 4.98 Å². The van der Waals surface area contributed by atoms with Gasteiger partial charge in [0, 0.05) is 5.69 Å². The maximum Gasteiger partial charge on any atom is 0.272 e. The number of hydrogen-bond donors (Lipinski definition) is 2. The summed E-state index contributed by atoms with van der Waals surface area (Å²) in [5.41, 5.74) is 0.968. The first-order chi connectivity index (χ1) is 9.45. The highest BCUT2D eigenvalue weighted by Crippen LogP contribution is 2.23. The normalized spacial score (nSPS) is 10.7. The van der Waals surface area contributed by atoms with Crippen molar-refractivity contribution in [3.05, 3.63) is 46.2 Å². The summed E-state index contributed by atoms with van der Waals surface area (Å²) in [7, 11) is 0. The van der Waals surface area contributed by atoms with Crippen molar-refractivity contribution in [1.29, 1.82) is 0 Å². The van der Waals surface area contributed by atoms with Crippen molar-refractivity contribution in [2.75, 3.05) is 5.32 Å². The molecule has 0 unspecified atom stereocenters. The van der Waals surface area contributed by atoms with E-state index in [2.05, 4.69) is 10.3 Å². The van der Waals surface area contributed by atoms with Crippen molar-refractivity contribution in [3.8, 4) is 5.75 Å². The number of carbonyl (C=O) groups excluding carboxylic acids is 1. The molecule has 2 aromatic rings. The lowest BCUT2D eigenvalue weighted by atomic mass is 10.3. The van der Waals surface area contributed by atoms with E-state index in [0.717, 1.165) is 5.75 Å². The molecule has 0 atom stereocenters. The fourth-order valence-electron chi connectivity index (χ4n) is 1.61. The minimum absolute atomic E-state index is 0.110. The highest BCUT2D eigenvalue weighted by atomic mass is 35.5. The second-order valence-electron chi connectivity index (χ2n) is 4.49. The molecule has 1 heterocycles. The van der Waals surface area contributed by atoms with Gasteiger partial charge in [-0.1, -0.05) is 23.2 Å². The van der Waals surface area contributed by atoms with Gasteiger partial charge in [-0.05, 0) is 44.2 Å². The van der Waals surface area contributed by atoms with E-state index < -0.39 is 0 Å². The van der Waals surface area contributed by atoms with Crippen LogP contribution >= 0.6 is 23.2 Å². The number of anilines is 1. The minimum Gasteiger partial charge on any atom is -0.491 e. The second-order valence-corrected chi connectivity index (χ2v) is 5.28. The van der Waals surface area contributed by atoms with Gasteiger partial charge >= 0.3 is 0 Å². The third-order valence-electron chi connectivity index (χ3n) is 2.45. The van der Waals surface area contributed by atoms with Crippen LogP contribution < -0.4 is 10.1 Å². The first-order valence-electron chi connectivity index (χ1n) is 6.08. The molecule has 106 valence electrons. The Bertz CT molecular complexity index is 587. The number of ether oxygens (including phenoxy) is 1. The molecule has 1 aromatic heterocycles. The van der Waals surface area contributed by atoms with E-state index >= 15 is 0 Å². The van der Waals surface area contributed by atoms with Gasteiger partial charge in [-0.15, -0.1) is 0 Å². The Labute approximate surface area is 127 Å². The number of rotatable bonds is 4.